The molecule has 0 saturated carbocycles. The van der Waals surface area contributed by atoms with E-state index in [4.69, 9.17) is 13.6 Å². The molecule has 2 aromatic heterocycles. The number of furan rings is 1. The van der Waals surface area contributed by atoms with Crippen LogP contribution in [0.2, 0.25) is 0 Å². The van der Waals surface area contributed by atoms with E-state index in [-0.39, 0.29) is 17.8 Å². The van der Waals surface area contributed by atoms with Crippen LogP contribution in [-0.4, -0.2) is 17.6 Å². The van der Waals surface area contributed by atoms with Gasteiger partial charge in [0.05, 0.1) is 12.6 Å². The molecule has 0 aromatic carbocycles. The van der Waals surface area contributed by atoms with Crippen LogP contribution in [0.15, 0.2) is 21.2 Å². The maximum atomic E-state index is 11.5. The molecule has 0 saturated heterocycles. The van der Waals surface area contributed by atoms with Crippen molar-refractivity contribution in [2.45, 2.75) is 33.7 Å². The minimum Gasteiger partial charge on any atom is -0.466 e. The van der Waals surface area contributed by atoms with Crippen LogP contribution in [0.25, 0.3) is 0 Å². The Bertz CT molecular complexity index is 600. The number of hydrogen-bond donors (Lipinski definition) is 1. The Hall–Kier alpha value is -2.24. The van der Waals surface area contributed by atoms with Crippen molar-refractivity contribution in [3.8, 4) is 0 Å². The maximum absolute atomic E-state index is 11.5. The van der Waals surface area contributed by atoms with Gasteiger partial charge in [-0.2, -0.15) is 4.98 Å². The average molecular weight is 278 g/mol. The predicted molar refractivity (Wildman–Crippen MR) is 72.7 cm³/mol. The van der Waals surface area contributed by atoms with Gasteiger partial charge in [0.25, 0.3) is 6.01 Å². The summed E-state index contributed by atoms with van der Waals surface area (Å²) in [5.74, 6) is 1.21. The number of hydrogen-bond acceptors (Lipinski definition) is 6. The molecule has 1 unspecified atom stereocenters. The largest absolute Gasteiger partial charge is 0.466 e. The molecule has 0 spiro atoms. The SMILES string of the molecule is CCOC(=O)c1coc(NC(C)c2cc(C)oc2C)n1. The van der Waals surface area contributed by atoms with E-state index in [1.165, 1.54) is 6.26 Å². The van der Waals surface area contributed by atoms with Crippen molar-refractivity contribution >= 4 is 12.0 Å². The predicted octanol–water partition coefficient (Wildman–Crippen LogP) is 3.23. The summed E-state index contributed by atoms with van der Waals surface area (Å²) in [6.45, 7) is 7.81. The Labute approximate surface area is 117 Å². The Morgan fingerprint density at radius 2 is 2.25 bits per heavy atom. The number of aromatic nitrogens is 1. The highest BCUT2D eigenvalue weighted by Gasteiger charge is 2.17. The van der Waals surface area contributed by atoms with E-state index in [9.17, 15) is 4.79 Å². The summed E-state index contributed by atoms with van der Waals surface area (Å²) < 4.78 is 15.5. The van der Waals surface area contributed by atoms with Crippen molar-refractivity contribution in [2.24, 2.45) is 0 Å². The van der Waals surface area contributed by atoms with Crippen molar-refractivity contribution in [3.63, 3.8) is 0 Å². The lowest BCUT2D eigenvalue weighted by molar-refractivity contribution is 0.0519. The van der Waals surface area contributed by atoms with Gasteiger partial charge >= 0.3 is 5.97 Å². The van der Waals surface area contributed by atoms with Crippen LogP contribution in [-0.2, 0) is 4.74 Å². The van der Waals surface area contributed by atoms with Crippen LogP contribution < -0.4 is 5.32 Å². The smallest absolute Gasteiger partial charge is 0.360 e. The van der Waals surface area contributed by atoms with E-state index in [0.717, 1.165) is 17.1 Å². The van der Waals surface area contributed by atoms with Crippen LogP contribution in [0.1, 0.15) is 47.5 Å². The van der Waals surface area contributed by atoms with Crippen LogP contribution in [0.4, 0.5) is 6.01 Å². The van der Waals surface area contributed by atoms with Gasteiger partial charge in [0.2, 0.25) is 0 Å². The van der Waals surface area contributed by atoms with Crippen molar-refractivity contribution in [2.75, 3.05) is 11.9 Å². The summed E-state index contributed by atoms with van der Waals surface area (Å²) in [5.41, 5.74) is 1.18. The third-order valence-electron chi connectivity index (χ3n) is 2.87. The first-order valence-electron chi connectivity index (χ1n) is 6.47. The van der Waals surface area contributed by atoms with Gasteiger partial charge in [0.1, 0.15) is 17.8 Å². The highest BCUT2D eigenvalue weighted by molar-refractivity contribution is 5.87. The van der Waals surface area contributed by atoms with Gasteiger partial charge in [-0.05, 0) is 33.8 Å². The average Bonchev–Trinajstić information content (AvgIpc) is 2.96. The first-order chi connectivity index (χ1) is 9.51. The molecule has 0 amide bonds. The Morgan fingerprint density at radius 1 is 1.50 bits per heavy atom. The number of esters is 1. The zero-order valence-electron chi connectivity index (χ0n) is 12.0. The highest BCUT2D eigenvalue weighted by atomic mass is 16.5. The number of carbonyl (C=O) groups is 1. The van der Waals surface area contributed by atoms with Crippen LogP contribution in [0.3, 0.4) is 0 Å². The quantitative estimate of drug-likeness (QED) is 0.846. The topological polar surface area (TPSA) is 77.5 Å². The number of anilines is 1. The lowest BCUT2D eigenvalue weighted by atomic mass is 10.1. The minimum atomic E-state index is -0.493. The Balaban J connectivity index is 2.07. The summed E-state index contributed by atoms with van der Waals surface area (Å²) in [6.07, 6.45) is 1.28. The third kappa shape index (κ3) is 3.01. The zero-order valence-corrected chi connectivity index (χ0v) is 12.0. The van der Waals surface area contributed by atoms with Gasteiger partial charge in [-0.1, -0.05) is 0 Å². The van der Waals surface area contributed by atoms with E-state index >= 15 is 0 Å². The molecule has 1 atom stereocenters. The fourth-order valence-corrected chi connectivity index (χ4v) is 1.98. The van der Waals surface area contributed by atoms with Gasteiger partial charge in [-0.15, -0.1) is 0 Å². The molecule has 2 aromatic rings. The third-order valence-corrected chi connectivity index (χ3v) is 2.87. The second-order valence-electron chi connectivity index (χ2n) is 4.49. The number of nitrogens with zero attached hydrogens (tertiary/aromatic N) is 1. The molecule has 0 bridgehead atoms. The number of rotatable bonds is 5. The van der Waals surface area contributed by atoms with Gasteiger partial charge < -0.3 is 18.9 Å². The molecule has 2 heterocycles. The van der Waals surface area contributed by atoms with E-state index in [0.29, 0.717) is 6.61 Å². The van der Waals surface area contributed by atoms with Gasteiger partial charge in [-0.3, -0.25) is 0 Å². The molecule has 6 heteroatoms. The van der Waals surface area contributed by atoms with Crippen molar-refractivity contribution in [1.29, 1.82) is 0 Å². The van der Waals surface area contributed by atoms with Gasteiger partial charge in [-0.25, -0.2) is 4.79 Å². The zero-order chi connectivity index (χ0) is 14.7. The number of ether oxygens (including phenoxy) is 1. The Morgan fingerprint density at radius 3 is 2.85 bits per heavy atom. The molecule has 0 aliphatic carbocycles. The second-order valence-corrected chi connectivity index (χ2v) is 4.49. The molecular formula is C14H18N2O4. The second kappa shape index (κ2) is 5.81. The van der Waals surface area contributed by atoms with Gasteiger partial charge in [0, 0.05) is 5.56 Å². The van der Waals surface area contributed by atoms with E-state index in [1.807, 2.05) is 26.8 Å². The molecule has 0 aliphatic heterocycles. The first kappa shape index (κ1) is 14.2. The van der Waals surface area contributed by atoms with Crippen molar-refractivity contribution < 1.29 is 18.4 Å². The minimum absolute atomic E-state index is 0.0406. The monoisotopic (exact) mass is 278 g/mol. The number of aryl methyl sites for hydroxylation is 2. The fraction of sp³-hybridized carbons (Fsp3) is 0.429. The normalized spacial score (nSPS) is 12.2. The van der Waals surface area contributed by atoms with Crippen LogP contribution in [0, 0.1) is 13.8 Å². The standard InChI is InChI=1S/C14H18N2O4/c1-5-18-13(17)12-7-19-14(16-12)15-9(3)11-6-8(2)20-10(11)4/h6-7,9H,5H2,1-4H3,(H,15,16). The van der Waals surface area contributed by atoms with E-state index in [1.54, 1.807) is 6.92 Å². The molecule has 6 nitrogen and oxygen atoms in total. The highest BCUT2D eigenvalue weighted by Crippen LogP contribution is 2.24. The van der Waals surface area contributed by atoms with E-state index < -0.39 is 5.97 Å². The number of carbonyl (C=O) groups excluding carboxylic acids is 1. The summed E-state index contributed by atoms with van der Waals surface area (Å²) in [4.78, 5) is 15.5. The molecule has 1 N–H and O–H groups in total. The summed E-state index contributed by atoms with van der Waals surface area (Å²) in [6, 6.07) is 2.20. The lowest BCUT2D eigenvalue weighted by Gasteiger charge is -2.10. The van der Waals surface area contributed by atoms with Crippen LogP contribution in [0.5, 0.6) is 0 Å². The molecule has 2 rings (SSSR count). The summed E-state index contributed by atoms with van der Waals surface area (Å²) in [5, 5.41) is 3.08. The molecule has 0 aliphatic rings. The fourth-order valence-electron chi connectivity index (χ4n) is 1.98. The maximum Gasteiger partial charge on any atom is 0.360 e. The van der Waals surface area contributed by atoms with E-state index in [2.05, 4.69) is 10.3 Å². The number of oxazole rings is 1. The Kier molecular flexibility index (Phi) is 4.12. The summed E-state index contributed by atoms with van der Waals surface area (Å²) >= 11 is 0. The molecule has 108 valence electrons. The van der Waals surface area contributed by atoms with Gasteiger partial charge in [0.15, 0.2) is 5.69 Å². The molecular weight excluding hydrogens is 260 g/mol. The molecule has 0 fully saturated rings. The van der Waals surface area contributed by atoms with Crippen molar-refractivity contribution in [1.82, 2.24) is 4.98 Å². The first-order valence-corrected chi connectivity index (χ1v) is 6.47. The number of nitrogens with one attached hydrogen (secondary N) is 1. The van der Waals surface area contributed by atoms with Crippen LogP contribution >= 0.6 is 0 Å². The lowest BCUT2D eigenvalue weighted by Crippen LogP contribution is -2.08. The summed E-state index contributed by atoms with van der Waals surface area (Å²) in [7, 11) is 0. The van der Waals surface area contributed by atoms with Crippen molar-refractivity contribution in [3.05, 3.63) is 35.1 Å². The molecule has 20 heavy (non-hydrogen) atoms. The molecule has 0 radical (unpaired) electrons.